The van der Waals surface area contributed by atoms with E-state index < -0.39 is 0 Å². The van der Waals surface area contributed by atoms with E-state index in [-0.39, 0.29) is 5.92 Å². The average molecular weight is 284 g/mol. The van der Waals surface area contributed by atoms with Crippen molar-refractivity contribution in [3.8, 4) is 0 Å². The number of hydrogen-bond donors (Lipinski definition) is 1. The van der Waals surface area contributed by atoms with Crippen LogP contribution in [0.5, 0.6) is 0 Å². The molecule has 1 N–H and O–H groups in total. The van der Waals surface area contributed by atoms with Crippen molar-refractivity contribution in [3.05, 3.63) is 47.7 Å². The van der Waals surface area contributed by atoms with E-state index in [1.165, 1.54) is 16.5 Å². The van der Waals surface area contributed by atoms with Gasteiger partial charge in [-0.1, -0.05) is 37.2 Å². The third-order valence-electron chi connectivity index (χ3n) is 3.53. The van der Waals surface area contributed by atoms with Crippen molar-refractivity contribution < 1.29 is 4.52 Å². The van der Waals surface area contributed by atoms with Gasteiger partial charge >= 0.3 is 0 Å². The van der Waals surface area contributed by atoms with Crippen molar-refractivity contribution in [3.63, 3.8) is 0 Å². The molecule has 2 heterocycles. The van der Waals surface area contributed by atoms with Crippen LogP contribution >= 0.6 is 0 Å². The van der Waals surface area contributed by atoms with E-state index >= 15 is 0 Å². The molecule has 0 fully saturated rings. The summed E-state index contributed by atoms with van der Waals surface area (Å²) in [6, 6.07) is 8.48. The van der Waals surface area contributed by atoms with Crippen LogP contribution in [0.2, 0.25) is 0 Å². The third-order valence-corrected chi connectivity index (χ3v) is 3.53. The first-order valence-electron chi connectivity index (χ1n) is 7.23. The Kier molecular flexibility index (Phi) is 3.75. The van der Waals surface area contributed by atoms with Gasteiger partial charge in [0, 0.05) is 18.7 Å². The predicted molar refractivity (Wildman–Crippen MR) is 82.2 cm³/mol. The number of rotatable bonds is 5. The summed E-state index contributed by atoms with van der Waals surface area (Å²) in [4.78, 5) is 4.45. The molecule has 1 aromatic carbocycles. The quantitative estimate of drug-likeness (QED) is 0.782. The van der Waals surface area contributed by atoms with Crippen LogP contribution in [0.25, 0.3) is 10.9 Å². The average Bonchev–Trinajstić information content (AvgIpc) is 3.08. The van der Waals surface area contributed by atoms with Crippen molar-refractivity contribution in [1.82, 2.24) is 20.0 Å². The van der Waals surface area contributed by atoms with Gasteiger partial charge in [-0.2, -0.15) is 4.98 Å². The fourth-order valence-electron chi connectivity index (χ4n) is 2.52. The van der Waals surface area contributed by atoms with Gasteiger partial charge in [-0.25, -0.2) is 0 Å². The summed E-state index contributed by atoms with van der Waals surface area (Å²) < 4.78 is 7.46. The van der Waals surface area contributed by atoms with Gasteiger partial charge in [0.15, 0.2) is 5.82 Å². The van der Waals surface area contributed by atoms with E-state index in [1.807, 2.05) is 20.9 Å². The Bertz CT molecular complexity index is 742. The molecule has 0 aliphatic rings. The summed E-state index contributed by atoms with van der Waals surface area (Å²) in [6.07, 6.45) is 2.08. The number of nitrogens with one attached hydrogen (secondary N) is 1. The van der Waals surface area contributed by atoms with Gasteiger partial charge < -0.3 is 14.4 Å². The van der Waals surface area contributed by atoms with Gasteiger partial charge in [0.1, 0.15) is 0 Å². The Morgan fingerprint density at radius 3 is 2.86 bits per heavy atom. The Morgan fingerprint density at radius 1 is 1.29 bits per heavy atom. The number of aromatic nitrogens is 3. The van der Waals surface area contributed by atoms with Crippen molar-refractivity contribution in [2.45, 2.75) is 32.9 Å². The predicted octanol–water partition coefficient (Wildman–Crippen LogP) is 2.92. The van der Waals surface area contributed by atoms with Gasteiger partial charge in [0.25, 0.3) is 0 Å². The van der Waals surface area contributed by atoms with Gasteiger partial charge in [-0.05, 0) is 24.1 Å². The molecule has 0 spiro atoms. The Balaban J connectivity index is 1.96. The molecule has 3 rings (SSSR count). The molecule has 21 heavy (non-hydrogen) atoms. The molecule has 0 aliphatic carbocycles. The molecule has 0 radical (unpaired) electrons. The maximum Gasteiger partial charge on any atom is 0.229 e. The van der Waals surface area contributed by atoms with Crippen LogP contribution in [0.3, 0.4) is 0 Å². The van der Waals surface area contributed by atoms with E-state index in [2.05, 4.69) is 50.5 Å². The molecule has 5 nitrogen and oxygen atoms in total. The van der Waals surface area contributed by atoms with Crippen LogP contribution in [0, 0.1) is 0 Å². The van der Waals surface area contributed by atoms with Gasteiger partial charge in [-0.3, -0.25) is 0 Å². The Labute approximate surface area is 124 Å². The first-order chi connectivity index (χ1) is 10.2. The van der Waals surface area contributed by atoms with E-state index in [9.17, 15) is 0 Å². The van der Waals surface area contributed by atoms with Crippen molar-refractivity contribution in [1.29, 1.82) is 0 Å². The normalized spacial score (nSPS) is 11.6. The molecule has 3 aromatic rings. The second-order valence-corrected chi connectivity index (χ2v) is 5.53. The number of para-hydroxylation sites is 1. The summed E-state index contributed by atoms with van der Waals surface area (Å²) in [6.45, 7) is 5.56. The summed E-state index contributed by atoms with van der Waals surface area (Å²) in [5, 5.41) is 8.52. The van der Waals surface area contributed by atoms with Crippen LogP contribution in [0.15, 0.2) is 35.0 Å². The lowest BCUT2D eigenvalue weighted by Gasteiger charge is -2.07. The lowest BCUT2D eigenvalue weighted by Crippen LogP contribution is -2.08. The topological polar surface area (TPSA) is 55.9 Å². The molecule has 110 valence electrons. The van der Waals surface area contributed by atoms with Crippen LogP contribution in [-0.2, 0) is 13.1 Å². The highest BCUT2D eigenvalue weighted by Crippen LogP contribution is 2.21. The second kappa shape index (κ2) is 5.69. The summed E-state index contributed by atoms with van der Waals surface area (Å²) in [5.41, 5.74) is 2.50. The van der Waals surface area contributed by atoms with Gasteiger partial charge in [0.05, 0.1) is 12.1 Å². The molecule has 0 atom stereocenters. The smallest absolute Gasteiger partial charge is 0.229 e. The van der Waals surface area contributed by atoms with Crippen molar-refractivity contribution in [2.24, 2.45) is 0 Å². The third kappa shape index (κ3) is 2.69. The zero-order chi connectivity index (χ0) is 14.8. The standard InChI is InChI=1S/C16H20N4O/c1-11(2)16-18-14(19-21-16)10-20-8-7-12-5-4-6-13(9-17-3)15(12)20/h4-8,11,17H,9-10H2,1-3H3. The minimum absolute atomic E-state index is 0.257. The molecule has 0 bridgehead atoms. The summed E-state index contributed by atoms with van der Waals surface area (Å²) >= 11 is 0. The first kappa shape index (κ1) is 13.8. The SMILES string of the molecule is CNCc1cccc2ccn(Cc3noc(C(C)C)n3)c12. The van der Waals surface area contributed by atoms with Crippen molar-refractivity contribution in [2.75, 3.05) is 7.05 Å². The maximum absolute atomic E-state index is 5.28. The monoisotopic (exact) mass is 284 g/mol. The molecule has 0 unspecified atom stereocenters. The minimum atomic E-state index is 0.257. The highest BCUT2D eigenvalue weighted by Gasteiger charge is 2.12. The molecule has 2 aromatic heterocycles. The van der Waals surface area contributed by atoms with Gasteiger partial charge in [-0.15, -0.1) is 0 Å². The van der Waals surface area contributed by atoms with E-state index in [4.69, 9.17) is 4.52 Å². The van der Waals surface area contributed by atoms with Crippen LogP contribution in [0.1, 0.15) is 37.0 Å². The largest absolute Gasteiger partial charge is 0.339 e. The number of hydrogen-bond acceptors (Lipinski definition) is 4. The van der Waals surface area contributed by atoms with E-state index in [0.717, 1.165) is 12.4 Å². The molecular weight excluding hydrogens is 264 g/mol. The number of fused-ring (bicyclic) bond motifs is 1. The lowest BCUT2D eigenvalue weighted by atomic mass is 10.1. The van der Waals surface area contributed by atoms with Crippen molar-refractivity contribution >= 4 is 10.9 Å². The molecular formula is C16H20N4O. The molecule has 0 saturated carbocycles. The zero-order valence-electron chi connectivity index (χ0n) is 12.6. The Hall–Kier alpha value is -2.14. The fourth-order valence-corrected chi connectivity index (χ4v) is 2.52. The highest BCUT2D eigenvalue weighted by molar-refractivity contribution is 5.83. The highest BCUT2D eigenvalue weighted by atomic mass is 16.5. The van der Waals surface area contributed by atoms with Crippen LogP contribution in [0.4, 0.5) is 0 Å². The van der Waals surface area contributed by atoms with E-state index in [0.29, 0.717) is 12.4 Å². The van der Waals surface area contributed by atoms with Crippen LogP contribution < -0.4 is 5.32 Å². The van der Waals surface area contributed by atoms with E-state index in [1.54, 1.807) is 0 Å². The molecule has 0 aliphatic heterocycles. The Morgan fingerprint density at radius 2 is 2.14 bits per heavy atom. The second-order valence-electron chi connectivity index (χ2n) is 5.53. The molecule has 0 amide bonds. The fraction of sp³-hybridized carbons (Fsp3) is 0.375. The lowest BCUT2D eigenvalue weighted by molar-refractivity contribution is 0.360. The number of nitrogens with zero attached hydrogens (tertiary/aromatic N) is 3. The summed E-state index contributed by atoms with van der Waals surface area (Å²) in [7, 11) is 1.96. The van der Waals surface area contributed by atoms with Gasteiger partial charge in [0.2, 0.25) is 5.89 Å². The summed E-state index contributed by atoms with van der Waals surface area (Å²) in [5.74, 6) is 1.67. The van der Waals surface area contributed by atoms with Crippen LogP contribution in [-0.4, -0.2) is 21.8 Å². The first-order valence-corrected chi connectivity index (χ1v) is 7.23. The molecule has 0 saturated heterocycles. The molecule has 5 heteroatoms. The maximum atomic E-state index is 5.28. The zero-order valence-corrected chi connectivity index (χ0v) is 12.6. The minimum Gasteiger partial charge on any atom is -0.339 e. The number of benzene rings is 1.